The van der Waals surface area contributed by atoms with E-state index in [1.54, 1.807) is 18.2 Å². The quantitative estimate of drug-likeness (QED) is 0.625. The van der Waals surface area contributed by atoms with Crippen molar-refractivity contribution in [3.8, 4) is 11.4 Å². The van der Waals surface area contributed by atoms with Gasteiger partial charge in [0.1, 0.15) is 5.82 Å². The lowest BCUT2D eigenvalue weighted by atomic mass is 10.2. The van der Waals surface area contributed by atoms with E-state index < -0.39 is 5.82 Å². The van der Waals surface area contributed by atoms with Crippen molar-refractivity contribution in [2.24, 2.45) is 0 Å². The van der Waals surface area contributed by atoms with E-state index in [1.165, 1.54) is 10.7 Å². The first-order chi connectivity index (χ1) is 10.5. The monoisotopic (exact) mass is 323 g/mol. The molecule has 1 atom stereocenters. The molecule has 0 spiro atoms. The van der Waals surface area contributed by atoms with Crippen LogP contribution in [-0.2, 0) is 4.79 Å². The highest BCUT2D eigenvalue weighted by Crippen LogP contribution is 2.23. The number of hydrogen-bond donors (Lipinski definition) is 2. The lowest BCUT2D eigenvalue weighted by Gasteiger charge is -2.10. The van der Waals surface area contributed by atoms with Gasteiger partial charge in [-0.1, -0.05) is 30.8 Å². The maximum atomic E-state index is 13.8. The minimum atomic E-state index is -0.423. The number of benzene rings is 1. The molecule has 1 amide bonds. The summed E-state index contributed by atoms with van der Waals surface area (Å²) in [7, 11) is 0. The summed E-state index contributed by atoms with van der Waals surface area (Å²) < 4.78 is 14.9. The molecular weight excluding hydrogens is 305 g/mol. The van der Waals surface area contributed by atoms with Crippen molar-refractivity contribution in [2.45, 2.75) is 31.5 Å². The Hall–Kier alpha value is -2.09. The van der Waals surface area contributed by atoms with Gasteiger partial charge < -0.3 is 11.2 Å². The molecule has 0 saturated carbocycles. The van der Waals surface area contributed by atoms with Crippen molar-refractivity contribution in [1.29, 1.82) is 0 Å². The van der Waals surface area contributed by atoms with Crippen LogP contribution in [0.4, 0.5) is 4.39 Å². The SMILES string of the molecule is CC[C@@H](C)NC(=O)CSc1nnc(-c2ccccc2F)n1N. The fourth-order valence-electron chi connectivity index (χ4n) is 1.75. The molecule has 6 nitrogen and oxygen atoms in total. The molecule has 118 valence electrons. The van der Waals surface area contributed by atoms with Crippen LogP contribution in [0.2, 0.25) is 0 Å². The van der Waals surface area contributed by atoms with Crippen molar-refractivity contribution in [3.63, 3.8) is 0 Å². The van der Waals surface area contributed by atoms with Crippen molar-refractivity contribution in [1.82, 2.24) is 20.2 Å². The molecule has 0 aliphatic rings. The van der Waals surface area contributed by atoms with Gasteiger partial charge in [0.2, 0.25) is 11.1 Å². The number of amides is 1. The highest BCUT2D eigenvalue weighted by atomic mass is 32.2. The van der Waals surface area contributed by atoms with E-state index in [9.17, 15) is 9.18 Å². The zero-order valence-corrected chi connectivity index (χ0v) is 13.2. The number of halogens is 1. The molecule has 0 unspecified atom stereocenters. The fraction of sp³-hybridized carbons (Fsp3) is 0.357. The summed E-state index contributed by atoms with van der Waals surface area (Å²) in [4.78, 5) is 11.7. The number of nitrogens with zero attached hydrogens (tertiary/aromatic N) is 3. The normalized spacial score (nSPS) is 12.1. The van der Waals surface area contributed by atoms with E-state index in [4.69, 9.17) is 5.84 Å². The van der Waals surface area contributed by atoms with E-state index in [1.807, 2.05) is 13.8 Å². The Morgan fingerprint density at radius 2 is 2.18 bits per heavy atom. The van der Waals surface area contributed by atoms with Crippen LogP contribution in [0.1, 0.15) is 20.3 Å². The number of rotatable bonds is 6. The van der Waals surface area contributed by atoms with Gasteiger partial charge in [0.15, 0.2) is 5.82 Å². The first kappa shape index (κ1) is 16.3. The average Bonchev–Trinajstić information content (AvgIpc) is 2.86. The Kier molecular flexibility index (Phi) is 5.37. The summed E-state index contributed by atoms with van der Waals surface area (Å²) in [5, 5.41) is 11.0. The van der Waals surface area contributed by atoms with Crippen LogP contribution in [0.5, 0.6) is 0 Å². The number of thioether (sulfide) groups is 1. The molecule has 0 aliphatic carbocycles. The maximum Gasteiger partial charge on any atom is 0.230 e. The fourth-order valence-corrected chi connectivity index (χ4v) is 2.42. The van der Waals surface area contributed by atoms with Crippen LogP contribution >= 0.6 is 11.8 Å². The minimum absolute atomic E-state index is 0.102. The Bertz CT molecular complexity index is 660. The number of hydrogen-bond acceptors (Lipinski definition) is 5. The molecule has 0 radical (unpaired) electrons. The van der Waals surface area contributed by atoms with Gasteiger partial charge in [0, 0.05) is 6.04 Å². The molecule has 1 aromatic carbocycles. The standard InChI is InChI=1S/C14H18FN5OS/c1-3-9(2)17-12(21)8-22-14-19-18-13(20(14)16)10-6-4-5-7-11(10)15/h4-7,9H,3,8,16H2,1-2H3,(H,17,21)/t9-/m1/s1. The highest BCUT2D eigenvalue weighted by Gasteiger charge is 2.16. The van der Waals surface area contributed by atoms with E-state index in [2.05, 4.69) is 15.5 Å². The molecule has 0 fully saturated rings. The van der Waals surface area contributed by atoms with Crippen molar-refractivity contribution < 1.29 is 9.18 Å². The van der Waals surface area contributed by atoms with Gasteiger partial charge in [-0.05, 0) is 25.5 Å². The molecule has 2 rings (SSSR count). The number of nitrogens with one attached hydrogen (secondary N) is 1. The van der Waals surface area contributed by atoms with Crippen LogP contribution in [0, 0.1) is 5.82 Å². The predicted molar refractivity (Wildman–Crippen MR) is 84.2 cm³/mol. The molecule has 22 heavy (non-hydrogen) atoms. The number of nitrogens with two attached hydrogens (primary N) is 1. The Labute approximate surface area is 132 Å². The first-order valence-electron chi connectivity index (χ1n) is 6.90. The zero-order valence-electron chi connectivity index (χ0n) is 12.4. The second-order valence-electron chi connectivity index (χ2n) is 4.82. The van der Waals surface area contributed by atoms with E-state index >= 15 is 0 Å². The van der Waals surface area contributed by atoms with Crippen LogP contribution in [0.25, 0.3) is 11.4 Å². The van der Waals surface area contributed by atoms with Gasteiger partial charge in [-0.25, -0.2) is 9.07 Å². The number of aromatic nitrogens is 3. The summed E-state index contributed by atoms with van der Waals surface area (Å²) >= 11 is 1.16. The van der Waals surface area contributed by atoms with Gasteiger partial charge in [-0.3, -0.25) is 4.79 Å². The number of carbonyl (C=O) groups excluding carboxylic acids is 1. The summed E-state index contributed by atoms with van der Waals surface area (Å²) in [5.74, 6) is 5.77. The van der Waals surface area contributed by atoms with Gasteiger partial charge >= 0.3 is 0 Å². The highest BCUT2D eigenvalue weighted by molar-refractivity contribution is 7.99. The van der Waals surface area contributed by atoms with Crippen LogP contribution in [0.3, 0.4) is 0 Å². The van der Waals surface area contributed by atoms with Gasteiger partial charge in [0.25, 0.3) is 0 Å². The molecule has 3 N–H and O–H groups in total. The summed E-state index contributed by atoms with van der Waals surface area (Å²) in [6.07, 6.45) is 0.862. The van der Waals surface area contributed by atoms with Crippen LogP contribution in [0.15, 0.2) is 29.4 Å². The average molecular weight is 323 g/mol. The van der Waals surface area contributed by atoms with Gasteiger partial charge in [-0.15, -0.1) is 10.2 Å². The smallest absolute Gasteiger partial charge is 0.230 e. The Balaban J connectivity index is 2.06. The summed E-state index contributed by atoms with van der Waals surface area (Å²) in [6, 6.07) is 6.31. The van der Waals surface area contributed by atoms with E-state index in [0.717, 1.165) is 18.2 Å². The molecule has 0 aliphatic heterocycles. The predicted octanol–water partition coefficient (Wildman–Crippen LogP) is 1.80. The third kappa shape index (κ3) is 3.76. The Morgan fingerprint density at radius 1 is 1.45 bits per heavy atom. The maximum absolute atomic E-state index is 13.8. The van der Waals surface area contributed by atoms with E-state index in [-0.39, 0.29) is 29.1 Å². The molecule has 1 heterocycles. The van der Waals surface area contributed by atoms with Gasteiger partial charge in [0.05, 0.1) is 11.3 Å². The number of nitrogen functional groups attached to an aromatic ring is 1. The van der Waals surface area contributed by atoms with Gasteiger partial charge in [-0.2, -0.15) is 0 Å². The second-order valence-corrected chi connectivity index (χ2v) is 5.76. The third-order valence-electron chi connectivity index (χ3n) is 3.13. The molecule has 1 aromatic heterocycles. The largest absolute Gasteiger partial charge is 0.353 e. The molecule has 8 heteroatoms. The molecular formula is C14H18FN5OS. The number of carbonyl (C=O) groups is 1. The van der Waals surface area contributed by atoms with Crippen molar-refractivity contribution in [3.05, 3.63) is 30.1 Å². The lowest BCUT2D eigenvalue weighted by Crippen LogP contribution is -2.33. The minimum Gasteiger partial charge on any atom is -0.353 e. The third-order valence-corrected chi connectivity index (χ3v) is 4.07. The zero-order chi connectivity index (χ0) is 16.1. The second kappa shape index (κ2) is 7.26. The van der Waals surface area contributed by atoms with Crippen molar-refractivity contribution >= 4 is 17.7 Å². The molecule has 0 saturated heterocycles. The Morgan fingerprint density at radius 3 is 2.86 bits per heavy atom. The molecule has 2 aromatic rings. The van der Waals surface area contributed by atoms with Crippen molar-refractivity contribution in [2.75, 3.05) is 11.6 Å². The topological polar surface area (TPSA) is 85.8 Å². The lowest BCUT2D eigenvalue weighted by molar-refractivity contribution is -0.119. The van der Waals surface area contributed by atoms with Crippen LogP contribution < -0.4 is 11.2 Å². The van der Waals surface area contributed by atoms with Crippen LogP contribution in [-0.4, -0.2) is 32.6 Å². The first-order valence-corrected chi connectivity index (χ1v) is 7.89. The summed E-state index contributed by atoms with van der Waals surface area (Å²) in [5.41, 5.74) is 0.272. The molecule has 0 bridgehead atoms. The van der Waals surface area contributed by atoms with E-state index in [0.29, 0.717) is 5.16 Å². The summed E-state index contributed by atoms with van der Waals surface area (Å²) in [6.45, 7) is 3.93.